The van der Waals surface area contributed by atoms with Gasteiger partial charge in [0.2, 0.25) is 5.91 Å². The van der Waals surface area contributed by atoms with Crippen molar-refractivity contribution in [3.05, 3.63) is 22.7 Å². The molecule has 0 saturated carbocycles. The van der Waals surface area contributed by atoms with Crippen molar-refractivity contribution < 1.29 is 22.7 Å². The topological polar surface area (TPSA) is 50.4 Å². The molecular weight excluding hydrogens is 329 g/mol. The van der Waals surface area contributed by atoms with Crippen LogP contribution < -0.4 is 15.4 Å². The molecule has 0 aromatic heterocycles. The van der Waals surface area contributed by atoms with Crippen LogP contribution in [0.4, 0.5) is 18.9 Å². The van der Waals surface area contributed by atoms with Crippen molar-refractivity contribution in [2.45, 2.75) is 6.18 Å². The molecule has 106 valence electrons. The molecule has 0 aliphatic heterocycles. The quantitative estimate of drug-likeness (QED) is 0.866. The highest BCUT2D eigenvalue weighted by Gasteiger charge is 2.27. The van der Waals surface area contributed by atoms with Crippen molar-refractivity contribution in [3.63, 3.8) is 0 Å². The zero-order chi connectivity index (χ0) is 14.5. The Bertz CT molecular complexity index is 452. The van der Waals surface area contributed by atoms with Crippen molar-refractivity contribution in [1.82, 2.24) is 5.32 Å². The van der Waals surface area contributed by atoms with Crippen molar-refractivity contribution in [2.75, 3.05) is 25.5 Å². The Morgan fingerprint density at radius 3 is 2.68 bits per heavy atom. The molecule has 8 heteroatoms. The molecule has 2 N–H and O–H groups in total. The molecule has 19 heavy (non-hydrogen) atoms. The molecule has 1 rings (SSSR count). The van der Waals surface area contributed by atoms with Crippen molar-refractivity contribution in [1.29, 1.82) is 0 Å². The molecular formula is C11H12BrF3N2O2. The van der Waals surface area contributed by atoms with E-state index in [1.807, 2.05) is 0 Å². The van der Waals surface area contributed by atoms with Gasteiger partial charge in [-0.05, 0) is 18.2 Å². The minimum absolute atomic E-state index is 0.275. The van der Waals surface area contributed by atoms with E-state index in [9.17, 15) is 18.0 Å². The second-order valence-corrected chi connectivity index (χ2v) is 4.51. The first-order chi connectivity index (χ1) is 8.81. The summed E-state index contributed by atoms with van der Waals surface area (Å²) in [6.45, 7) is -1.62. The van der Waals surface area contributed by atoms with Gasteiger partial charge in [-0.15, -0.1) is 0 Å². The number of amides is 1. The predicted molar refractivity (Wildman–Crippen MR) is 68.2 cm³/mol. The summed E-state index contributed by atoms with van der Waals surface area (Å²) < 4.78 is 41.5. The summed E-state index contributed by atoms with van der Waals surface area (Å²) >= 11 is 3.24. The lowest BCUT2D eigenvalue weighted by molar-refractivity contribution is -0.137. The van der Waals surface area contributed by atoms with Crippen molar-refractivity contribution in [2.24, 2.45) is 0 Å². The third-order valence-electron chi connectivity index (χ3n) is 2.09. The maximum absolute atomic E-state index is 11.9. The smallest absolute Gasteiger partial charge is 0.405 e. The average molecular weight is 341 g/mol. The van der Waals surface area contributed by atoms with E-state index in [2.05, 4.69) is 21.2 Å². The zero-order valence-electron chi connectivity index (χ0n) is 9.97. The molecule has 0 atom stereocenters. The minimum atomic E-state index is -4.41. The number of anilines is 1. The standard InChI is InChI=1S/C11H12BrF3N2O2/c1-19-9-3-2-7(12)4-8(9)16-5-10(18)17-6-11(13,14)15/h2-4,16H,5-6H2,1H3,(H,17,18). The summed E-state index contributed by atoms with van der Waals surface area (Å²) in [5.74, 6) is -0.258. The van der Waals surface area contributed by atoms with E-state index in [4.69, 9.17) is 4.74 Å². The molecule has 0 aliphatic carbocycles. The number of ether oxygens (including phenoxy) is 1. The van der Waals surface area contributed by atoms with Gasteiger partial charge in [0.05, 0.1) is 19.3 Å². The van der Waals surface area contributed by atoms with E-state index < -0.39 is 18.6 Å². The predicted octanol–water partition coefficient (Wildman–Crippen LogP) is 2.55. The van der Waals surface area contributed by atoms with Crippen LogP contribution in [-0.4, -0.2) is 32.3 Å². The fraction of sp³-hybridized carbons (Fsp3) is 0.364. The lowest BCUT2D eigenvalue weighted by Crippen LogP contribution is -2.37. The van der Waals surface area contributed by atoms with Crippen LogP contribution in [0.2, 0.25) is 0 Å². The second kappa shape index (κ2) is 6.65. The van der Waals surface area contributed by atoms with Crippen molar-refractivity contribution in [3.8, 4) is 5.75 Å². The Labute approximate surface area is 116 Å². The lowest BCUT2D eigenvalue weighted by atomic mass is 10.3. The maximum atomic E-state index is 11.9. The molecule has 0 unspecified atom stereocenters. The number of methoxy groups -OCH3 is 1. The van der Waals surface area contributed by atoms with Crippen LogP contribution in [0.3, 0.4) is 0 Å². The number of alkyl halides is 3. The number of carbonyl (C=O) groups is 1. The SMILES string of the molecule is COc1ccc(Br)cc1NCC(=O)NCC(F)(F)F. The molecule has 1 aromatic carbocycles. The van der Waals surface area contributed by atoms with Gasteiger partial charge in [-0.25, -0.2) is 0 Å². The van der Waals surface area contributed by atoms with Crippen LogP contribution in [-0.2, 0) is 4.79 Å². The first-order valence-electron chi connectivity index (χ1n) is 5.22. The summed E-state index contributed by atoms with van der Waals surface area (Å²) in [6, 6.07) is 5.07. The third kappa shape index (κ3) is 5.82. The Hall–Kier alpha value is -1.44. The number of hydrogen-bond donors (Lipinski definition) is 2. The molecule has 0 aliphatic rings. The first-order valence-corrected chi connectivity index (χ1v) is 6.02. The maximum Gasteiger partial charge on any atom is 0.405 e. The van der Waals surface area contributed by atoms with E-state index in [1.165, 1.54) is 7.11 Å². The van der Waals surface area contributed by atoms with Crippen molar-refractivity contribution >= 4 is 27.5 Å². The Balaban J connectivity index is 2.52. The van der Waals surface area contributed by atoms with E-state index in [1.54, 1.807) is 23.5 Å². The van der Waals surface area contributed by atoms with Gasteiger partial charge in [-0.1, -0.05) is 15.9 Å². The van der Waals surface area contributed by atoms with Crippen LogP contribution in [0.1, 0.15) is 0 Å². The fourth-order valence-corrected chi connectivity index (χ4v) is 1.62. The minimum Gasteiger partial charge on any atom is -0.495 e. The van der Waals surface area contributed by atoms with Crippen LogP contribution in [0, 0.1) is 0 Å². The summed E-state index contributed by atoms with van der Waals surface area (Å²) in [7, 11) is 1.46. The number of hydrogen-bond acceptors (Lipinski definition) is 3. The number of rotatable bonds is 5. The van der Waals surface area contributed by atoms with Gasteiger partial charge in [0.25, 0.3) is 0 Å². The molecule has 1 amide bonds. The lowest BCUT2D eigenvalue weighted by Gasteiger charge is -2.12. The van der Waals surface area contributed by atoms with Gasteiger partial charge in [-0.3, -0.25) is 4.79 Å². The highest BCUT2D eigenvalue weighted by molar-refractivity contribution is 9.10. The first kappa shape index (κ1) is 15.6. The number of benzene rings is 1. The summed E-state index contributed by atoms with van der Waals surface area (Å²) in [5.41, 5.74) is 0.513. The summed E-state index contributed by atoms with van der Waals surface area (Å²) in [6.07, 6.45) is -4.41. The third-order valence-corrected chi connectivity index (χ3v) is 2.58. The summed E-state index contributed by atoms with van der Waals surface area (Å²) in [4.78, 5) is 11.2. The van der Waals surface area contributed by atoms with E-state index >= 15 is 0 Å². The molecule has 0 heterocycles. The normalized spacial score (nSPS) is 11.0. The molecule has 1 aromatic rings. The van der Waals surface area contributed by atoms with Crippen LogP contribution >= 0.6 is 15.9 Å². The monoisotopic (exact) mass is 340 g/mol. The number of nitrogens with one attached hydrogen (secondary N) is 2. The molecule has 4 nitrogen and oxygen atoms in total. The van der Waals surface area contributed by atoms with E-state index in [0.717, 1.165) is 4.47 Å². The largest absolute Gasteiger partial charge is 0.495 e. The van der Waals surface area contributed by atoms with Gasteiger partial charge < -0.3 is 15.4 Å². The van der Waals surface area contributed by atoms with E-state index in [0.29, 0.717) is 11.4 Å². The molecule has 0 radical (unpaired) electrons. The molecule has 0 bridgehead atoms. The van der Waals surface area contributed by atoms with E-state index in [-0.39, 0.29) is 6.54 Å². The van der Waals surface area contributed by atoms with Crippen LogP contribution in [0.25, 0.3) is 0 Å². The Morgan fingerprint density at radius 2 is 2.11 bits per heavy atom. The highest BCUT2D eigenvalue weighted by atomic mass is 79.9. The zero-order valence-corrected chi connectivity index (χ0v) is 11.6. The Kier molecular flexibility index (Phi) is 5.46. The fourth-order valence-electron chi connectivity index (χ4n) is 1.26. The Morgan fingerprint density at radius 1 is 1.42 bits per heavy atom. The van der Waals surface area contributed by atoms with Gasteiger partial charge in [0.1, 0.15) is 12.3 Å². The van der Waals surface area contributed by atoms with Gasteiger partial charge >= 0.3 is 6.18 Å². The second-order valence-electron chi connectivity index (χ2n) is 3.59. The van der Waals surface area contributed by atoms with Gasteiger partial charge in [0.15, 0.2) is 0 Å². The van der Waals surface area contributed by atoms with Crippen LogP contribution in [0.15, 0.2) is 22.7 Å². The summed E-state index contributed by atoms with van der Waals surface area (Å²) in [5, 5.41) is 4.47. The average Bonchev–Trinajstić information content (AvgIpc) is 2.33. The van der Waals surface area contributed by atoms with Gasteiger partial charge in [0, 0.05) is 4.47 Å². The van der Waals surface area contributed by atoms with Gasteiger partial charge in [-0.2, -0.15) is 13.2 Å². The number of carbonyl (C=O) groups excluding carboxylic acids is 1. The molecule has 0 fully saturated rings. The highest BCUT2D eigenvalue weighted by Crippen LogP contribution is 2.27. The van der Waals surface area contributed by atoms with Crippen LogP contribution in [0.5, 0.6) is 5.75 Å². The molecule has 0 saturated heterocycles. The number of halogens is 4. The molecule has 0 spiro atoms.